The predicted octanol–water partition coefficient (Wildman–Crippen LogP) is 3.50. The molecule has 5 nitrogen and oxygen atoms in total. The minimum Gasteiger partial charge on any atom is -0.493 e. The van der Waals surface area contributed by atoms with Crippen LogP contribution in [0, 0.1) is 0 Å². The van der Waals surface area contributed by atoms with Gasteiger partial charge < -0.3 is 9.47 Å². The first-order valence-electron chi connectivity index (χ1n) is 7.48. The van der Waals surface area contributed by atoms with Crippen LogP contribution in [0.1, 0.15) is 11.1 Å². The molecule has 1 aliphatic rings. The molecule has 0 unspecified atom stereocenters. The molecular formula is C18H16N2O3S2. The van der Waals surface area contributed by atoms with Crippen LogP contribution in [0.5, 0.6) is 11.5 Å². The van der Waals surface area contributed by atoms with Crippen molar-refractivity contribution in [2.45, 2.75) is 6.54 Å². The number of amides is 1. The number of benzene rings is 1. The quantitative estimate of drug-likeness (QED) is 0.591. The van der Waals surface area contributed by atoms with E-state index in [4.69, 9.17) is 21.7 Å². The van der Waals surface area contributed by atoms with Crippen LogP contribution < -0.4 is 9.47 Å². The Morgan fingerprint density at radius 1 is 1.16 bits per heavy atom. The van der Waals surface area contributed by atoms with Crippen LogP contribution >= 0.6 is 24.0 Å². The van der Waals surface area contributed by atoms with Crippen LogP contribution in [-0.4, -0.2) is 34.3 Å². The third-order valence-corrected chi connectivity index (χ3v) is 5.05. The van der Waals surface area contributed by atoms with Gasteiger partial charge in [-0.2, -0.15) is 0 Å². The summed E-state index contributed by atoms with van der Waals surface area (Å²) in [6.07, 6.45) is 5.21. The third kappa shape index (κ3) is 3.83. The molecule has 2 aromatic rings. The van der Waals surface area contributed by atoms with E-state index < -0.39 is 0 Å². The lowest BCUT2D eigenvalue weighted by molar-refractivity contribution is -0.122. The van der Waals surface area contributed by atoms with Gasteiger partial charge in [-0.25, -0.2) is 0 Å². The molecule has 1 fully saturated rings. The second-order valence-corrected chi connectivity index (χ2v) is 6.91. The van der Waals surface area contributed by atoms with Crippen molar-refractivity contribution in [3.8, 4) is 11.5 Å². The van der Waals surface area contributed by atoms with E-state index in [0.717, 1.165) is 11.1 Å². The summed E-state index contributed by atoms with van der Waals surface area (Å²) in [6, 6.07) is 9.25. The first-order valence-corrected chi connectivity index (χ1v) is 8.71. The highest BCUT2D eigenvalue weighted by atomic mass is 32.2. The summed E-state index contributed by atoms with van der Waals surface area (Å²) >= 11 is 6.67. The van der Waals surface area contributed by atoms with Crippen LogP contribution in [0.3, 0.4) is 0 Å². The highest BCUT2D eigenvalue weighted by molar-refractivity contribution is 8.26. The molecule has 128 valence electrons. The number of rotatable bonds is 5. The summed E-state index contributed by atoms with van der Waals surface area (Å²) in [5.74, 6) is 1.16. The topological polar surface area (TPSA) is 51.7 Å². The zero-order valence-electron chi connectivity index (χ0n) is 13.8. The van der Waals surface area contributed by atoms with E-state index in [2.05, 4.69) is 4.98 Å². The summed E-state index contributed by atoms with van der Waals surface area (Å²) in [5.41, 5.74) is 1.83. The Balaban J connectivity index is 1.83. The molecule has 1 aromatic carbocycles. The van der Waals surface area contributed by atoms with Gasteiger partial charge in [-0.15, -0.1) is 0 Å². The number of thiocarbonyl (C=S) groups is 1. The van der Waals surface area contributed by atoms with Gasteiger partial charge in [0.2, 0.25) is 0 Å². The minimum absolute atomic E-state index is 0.0957. The van der Waals surface area contributed by atoms with Gasteiger partial charge in [-0.3, -0.25) is 14.7 Å². The first-order chi connectivity index (χ1) is 12.1. The summed E-state index contributed by atoms with van der Waals surface area (Å²) in [5, 5.41) is 0. The number of thioether (sulfide) groups is 1. The van der Waals surface area contributed by atoms with Crippen molar-refractivity contribution in [2.24, 2.45) is 0 Å². The maximum absolute atomic E-state index is 12.7. The molecule has 0 radical (unpaired) electrons. The van der Waals surface area contributed by atoms with Gasteiger partial charge in [-0.05, 0) is 41.5 Å². The molecule has 1 aromatic heterocycles. The monoisotopic (exact) mass is 372 g/mol. The second kappa shape index (κ2) is 7.67. The fourth-order valence-corrected chi connectivity index (χ4v) is 3.66. The molecule has 3 rings (SSSR count). The number of pyridine rings is 1. The normalized spacial score (nSPS) is 15.8. The van der Waals surface area contributed by atoms with Crippen LogP contribution in [-0.2, 0) is 11.3 Å². The molecular weight excluding hydrogens is 356 g/mol. The molecule has 0 aliphatic carbocycles. The van der Waals surface area contributed by atoms with E-state index in [0.29, 0.717) is 27.3 Å². The maximum Gasteiger partial charge on any atom is 0.266 e. The summed E-state index contributed by atoms with van der Waals surface area (Å²) in [4.78, 5) is 18.9. The standard InChI is InChI=1S/C18H16N2O3S2/c1-22-14-4-3-13(9-15(14)23-2)10-16-17(21)20(18(24)25-16)11-12-5-7-19-8-6-12/h3-10H,11H2,1-2H3/b16-10-. The predicted molar refractivity (Wildman–Crippen MR) is 102 cm³/mol. The van der Waals surface area contributed by atoms with E-state index in [1.807, 2.05) is 36.4 Å². The maximum atomic E-state index is 12.7. The number of methoxy groups -OCH3 is 2. The number of carbonyl (C=O) groups excluding carboxylic acids is 1. The second-order valence-electron chi connectivity index (χ2n) is 5.24. The van der Waals surface area contributed by atoms with Crippen molar-refractivity contribution in [3.05, 3.63) is 58.8 Å². The molecule has 2 heterocycles. The molecule has 0 saturated carbocycles. The number of carbonyl (C=O) groups is 1. The molecule has 1 amide bonds. The van der Waals surface area contributed by atoms with E-state index in [1.54, 1.807) is 31.5 Å². The van der Waals surface area contributed by atoms with Crippen molar-refractivity contribution in [1.82, 2.24) is 9.88 Å². The number of aromatic nitrogens is 1. The van der Waals surface area contributed by atoms with Crippen LogP contribution in [0.25, 0.3) is 6.08 Å². The highest BCUT2D eigenvalue weighted by Crippen LogP contribution is 2.35. The zero-order valence-corrected chi connectivity index (χ0v) is 15.4. The van der Waals surface area contributed by atoms with Crippen molar-refractivity contribution in [1.29, 1.82) is 0 Å². The molecule has 7 heteroatoms. The largest absolute Gasteiger partial charge is 0.493 e. The lowest BCUT2D eigenvalue weighted by atomic mass is 10.2. The number of hydrogen-bond acceptors (Lipinski definition) is 6. The average molecular weight is 372 g/mol. The van der Waals surface area contributed by atoms with Crippen molar-refractivity contribution in [3.63, 3.8) is 0 Å². The van der Waals surface area contributed by atoms with Crippen LogP contribution in [0.15, 0.2) is 47.6 Å². The smallest absolute Gasteiger partial charge is 0.266 e. The Bertz CT molecular complexity index is 837. The Morgan fingerprint density at radius 2 is 1.88 bits per heavy atom. The fraction of sp³-hybridized carbons (Fsp3) is 0.167. The Morgan fingerprint density at radius 3 is 2.56 bits per heavy atom. The van der Waals surface area contributed by atoms with Crippen LogP contribution in [0.4, 0.5) is 0 Å². The lowest BCUT2D eigenvalue weighted by Gasteiger charge is -2.14. The summed E-state index contributed by atoms with van der Waals surface area (Å²) in [7, 11) is 3.16. The van der Waals surface area contributed by atoms with Gasteiger partial charge in [0.05, 0.1) is 25.7 Å². The fourth-order valence-electron chi connectivity index (χ4n) is 2.40. The SMILES string of the molecule is COc1ccc(/C=C2\SC(=S)N(Cc3ccncc3)C2=O)cc1OC. The van der Waals surface area contributed by atoms with E-state index in [1.165, 1.54) is 11.8 Å². The number of ether oxygens (including phenoxy) is 2. The molecule has 0 atom stereocenters. The summed E-state index contributed by atoms with van der Waals surface area (Å²) < 4.78 is 11.1. The van der Waals surface area contributed by atoms with Gasteiger partial charge in [0.1, 0.15) is 4.32 Å². The molecule has 1 aliphatic heterocycles. The molecule has 1 saturated heterocycles. The Kier molecular flexibility index (Phi) is 5.35. The van der Waals surface area contributed by atoms with Gasteiger partial charge in [0.25, 0.3) is 5.91 Å². The Labute approximate surface area is 155 Å². The van der Waals surface area contributed by atoms with Crippen LogP contribution in [0.2, 0.25) is 0 Å². The molecule has 0 bridgehead atoms. The van der Waals surface area contributed by atoms with Gasteiger partial charge in [0, 0.05) is 12.4 Å². The zero-order chi connectivity index (χ0) is 17.8. The molecule has 0 N–H and O–H groups in total. The van der Waals surface area contributed by atoms with Crippen molar-refractivity contribution in [2.75, 3.05) is 14.2 Å². The van der Waals surface area contributed by atoms with E-state index in [-0.39, 0.29) is 5.91 Å². The first kappa shape index (κ1) is 17.4. The average Bonchev–Trinajstić information content (AvgIpc) is 2.90. The summed E-state index contributed by atoms with van der Waals surface area (Å²) in [6.45, 7) is 0.441. The molecule has 0 spiro atoms. The number of nitrogens with zero attached hydrogens (tertiary/aromatic N) is 2. The van der Waals surface area contributed by atoms with Gasteiger partial charge in [-0.1, -0.05) is 30.0 Å². The highest BCUT2D eigenvalue weighted by Gasteiger charge is 2.32. The minimum atomic E-state index is -0.0957. The van der Waals surface area contributed by atoms with Gasteiger partial charge in [0.15, 0.2) is 11.5 Å². The third-order valence-electron chi connectivity index (χ3n) is 3.67. The Hall–Kier alpha value is -2.38. The van der Waals surface area contributed by atoms with E-state index in [9.17, 15) is 4.79 Å². The lowest BCUT2D eigenvalue weighted by Crippen LogP contribution is -2.27. The molecule has 25 heavy (non-hydrogen) atoms. The van der Waals surface area contributed by atoms with E-state index >= 15 is 0 Å². The van der Waals surface area contributed by atoms with Crippen molar-refractivity contribution >= 4 is 40.3 Å². The van der Waals surface area contributed by atoms with Crippen molar-refractivity contribution < 1.29 is 14.3 Å². The van der Waals surface area contributed by atoms with Gasteiger partial charge >= 0.3 is 0 Å². The number of hydrogen-bond donors (Lipinski definition) is 0.